The van der Waals surface area contributed by atoms with E-state index in [0.29, 0.717) is 23.6 Å². The lowest BCUT2D eigenvalue weighted by atomic mass is 10.0. The number of benzene rings is 2. The number of nitrogens with zero attached hydrogens (tertiary/aromatic N) is 1. The van der Waals surface area contributed by atoms with Crippen molar-refractivity contribution in [2.45, 2.75) is 57.5 Å². The summed E-state index contributed by atoms with van der Waals surface area (Å²) in [5.41, 5.74) is -0.283. The number of allylic oxidation sites excluding steroid dienone is 2. The molecule has 1 saturated carbocycles. The Labute approximate surface area is 244 Å². The number of alkyl halides is 3. The Balaban J connectivity index is 1.83. The van der Waals surface area contributed by atoms with Crippen LogP contribution in [-0.4, -0.2) is 29.6 Å². The van der Waals surface area contributed by atoms with E-state index < -0.39 is 23.5 Å². The molecule has 0 saturated heterocycles. The van der Waals surface area contributed by atoms with Crippen LogP contribution in [0.25, 0.3) is 0 Å². The van der Waals surface area contributed by atoms with E-state index in [1.807, 2.05) is 18.2 Å². The molecular formula is C31H36F3N5OS. The summed E-state index contributed by atoms with van der Waals surface area (Å²) in [5.74, 6) is 0.304. The molecule has 2 aromatic carbocycles. The first-order valence-corrected chi connectivity index (χ1v) is 14.6. The summed E-state index contributed by atoms with van der Waals surface area (Å²) in [6.07, 6.45) is 1.18. The van der Waals surface area contributed by atoms with E-state index >= 15 is 0 Å². The van der Waals surface area contributed by atoms with Crippen molar-refractivity contribution < 1.29 is 18.0 Å². The smallest absolute Gasteiger partial charge is 0.351 e. The molecule has 0 radical (unpaired) electrons. The zero-order valence-electron chi connectivity index (χ0n) is 23.4. The Kier molecular flexibility index (Phi) is 11.6. The number of amides is 1. The van der Waals surface area contributed by atoms with Gasteiger partial charge >= 0.3 is 6.18 Å². The van der Waals surface area contributed by atoms with Gasteiger partial charge in [-0.1, -0.05) is 51.5 Å². The Morgan fingerprint density at radius 2 is 1.83 bits per heavy atom. The number of rotatable bonds is 14. The molecule has 0 aromatic heterocycles. The van der Waals surface area contributed by atoms with E-state index in [4.69, 9.17) is 10.7 Å². The molecule has 3 rings (SSSR count). The van der Waals surface area contributed by atoms with Gasteiger partial charge in [-0.25, -0.2) is 0 Å². The molecule has 218 valence electrons. The zero-order valence-corrected chi connectivity index (χ0v) is 24.2. The number of thioether (sulfide) groups is 1. The normalized spacial score (nSPS) is 16.1. The molecule has 0 spiro atoms. The van der Waals surface area contributed by atoms with Crippen molar-refractivity contribution in [2.24, 2.45) is 11.8 Å². The van der Waals surface area contributed by atoms with E-state index in [0.717, 1.165) is 18.5 Å². The minimum absolute atomic E-state index is 0.0145. The average Bonchev–Trinajstić information content (AvgIpc) is 3.77. The molecule has 1 fully saturated rings. The van der Waals surface area contributed by atoms with Gasteiger partial charge in [0, 0.05) is 22.7 Å². The highest BCUT2D eigenvalue weighted by molar-refractivity contribution is 8.02. The molecule has 0 aliphatic heterocycles. The second kappa shape index (κ2) is 14.9. The summed E-state index contributed by atoms with van der Waals surface area (Å²) >= 11 is 1.73. The molecule has 2 aromatic rings. The predicted molar refractivity (Wildman–Crippen MR) is 161 cm³/mol. The Bertz CT molecular complexity index is 1310. The van der Waals surface area contributed by atoms with Crippen LogP contribution in [0.2, 0.25) is 0 Å². The summed E-state index contributed by atoms with van der Waals surface area (Å²) in [7, 11) is 0. The lowest BCUT2D eigenvalue weighted by Crippen LogP contribution is -2.30. The molecule has 4 N–H and O–H groups in total. The third-order valence-electron chi connectivity index (χ3n) is 6.75. The second-order valence-electron chi connectivity index (χ2n) is 10.3. The van der Waals surface area contributed by atoms with Gasteiger partial charge in [0.05, 0.1) is 11.6 Å². The number of carbonyl (C=O) groups is 1. The largest absolute Gasteiger partial charge is 0.432 e. The first-order valence-electron chi connectivity index (χ1n) is 13.6. The highest BCUT2D eigenvalue weighted by atomic mass is 32.2. The van der Waals surface area contributed by atoms with Crippen molar-refractivity contribution >= 4 is 34.8 Å². The molecule has 1 aliphatic rings. The van der Waals surface area contributed by atoms with Gasteiger partial charge in [-0.3, -0.25) is 10.2 Å². The number of anilines is 2. The van der Waals surface area contributed by atoms with E-state index in [1.54, 1.807) is 30.0 Å². The van der Waals surface area contributed by atoms with Gasteiger partial charge in [-0.2, -0.15) is 18.4 Å². The predicted octanol–water partition coefficient (Wildman–Crippen LogP) is 7.80. The van der Waals surface area contributed by atoms with Crippen LogP contribution in [0, 0.1) is 28.6 Å². The molecule has 1 aliphatic carbocycles. The number of nitriles is 1. The third kappa shape index (κ3) is 10.4. The zero-order chi connectivity index (χ0) is 30.0. The first kappa shape index (κ1) is 32.0. The number of nitrogens with one attached hydrogen (secondary N) is 4. The van der Waals surface area contributed by atoms with Crippen molar-refractivity contribution in [3.63, 3.8) is 0 Å². The Hall–Kier alpha value is -3.55. The summed E-state index contributed by atoms with van der Waals surface area (Å²) in [5, 5.41) is 27.9. The van der Waals surface area contributed by atoms with Gasteiger partial charge in [0.1, 0.15) is 11.4 Å². The third-order valence-corrected chi connectivity index (χ3v) is 7.77. The van der Waals surface area contributed by atoms with Crippen molar-refractivity contribution in [1.82, 2.24) is 5.32 Å². The number of carbonyl (C=O) groups excluding carboxylic acids is 1. The van der Waals surface area contributed by atoms with Gasteiger partial charge < -0.3 is 16.0 Å². The summed E-state index contributed by atoms with van der Waals surface area (Å²) in [6, 6.07) is 15.2. The minimum Gasteiger partial charge on any atom is -0.351 e. The fourth-order valence-corrected chi connectivity index (χ4v) is 4.92. The van der Waals surface area contributed by atoms with E-state index in [2.05, 4.69) is 48.2 Å². The maximum atomic E-state index is 13.2. The Morgan fingerprint density at radius 1 is 1.15 bits per heavy atom. The van der Waals surface area contributed by atoms with Crippen LogP contribution in [0.4, 0.5) is 24.5 Å². The number of hydrogen-bond donors (Lipinski definition) is 4. The molecule has 0 heterocycles. The van der Waals surface area contributed by atoms with Crippen LogP contribution in [-0.2, 0) is 4.79 Å². The topological polar surface area (TPSA) is 101 Å². The van der Waals surface area contributed by atoms with Crippen molar-refractivity contribution in [2.75, 3.05) is 17.2 Å². The molecule has 3 unspecified atom stereocenters. The van der Waals surface area contributed by atoms with Crippen LogP contribution < -0.4 is 16.0 Å². The van der Waals surface area contributed by atoms with Gasteiger partial charge in [-0.05, 0) is 78.6 Å². The number of hydrogen-bond acceptors (Lipinski definition) is 6. The average molecular weight is 584 g/mol. The van der Waals surface area contributed by atoms with Crippen molar-refractivity contribution in [3.05, 3.63) is 82.9 Å². The van der Waals surface area contributed by atoms with E-state index in [1.165, 1.54) is 31.0 Å². The van der Waals surface area contributed by atoms with Crippen LogP contribution in [0.1, 0.15) is 57.2 Å². The molecule has 10 heteroatoms. The van der Waals surface area contributed by atoms with Crippen LogP contribution in [0.5, 0.6) is 0 Å². The van der Waals surface area contributed by atoms with E-state index in [9.17, 15) is 18.0 Å². The summed E-state index contributed by atoms with van der Waals surface area (Å²) in [6.45, 7) is 7.35. The van der Waals surface area contributed by atoms with Crippen LogP contribution in [0.15, 0.2) is 71.8 Å². The quantitative estimate of drug-likeness (QED) is 0.134. The monoisotopic (exact) mass is 583 g/mol. The fourth-order valence-electron chi connectivity index (χ4n) is 3.90. The van der Waals surface area contributed by atoms with Gasteiger partial charge in [0.2, 0.25) is 0 Å². The van der Waals surface area contributed by atoms with Gasteiger partial charge in [0.25, 0.3) is 5.91 Å². The maximum absolute atomic E-state index is 13.2. The summed E-state index contributed by atoms with van der Waals surface area (Å²) in [4.78, 5) is 13.2. The standard InChI is InChI=1S/C31H36F3N5OS/c1-4-20(2)13-14-41-21(3)29(37-19-22-11-12-22)24-8-6-10-26(16-24)39-30(40)27(17-28(36)31(32,33)34)38-25-9-5-7-23(15-25)18-35/h5-10,13-17,20-22,29,36-38H,4,11-12,19H2,1-3H3,(H,39,40)/b14-13-,27-17-,36-28?. The number of halogens is 3. The molecule has 41 heavy (non-hydrogen) atoms. The summed E-state index contributed by atoms with van der Waals surface area (Å²) < 4.78 is 39.5. The molecule has 1 amide bonds. The van der Waals surface area contributed by atoms with Crippen LogP contribution in [0.3, 0.4) is 0 Å². The molecule has 6 nitrogen and oxygen atoms in total. The lowest BCUT2D eigenvalue weighted by molar-refractivity contribution is -0.112. The molecule has 3 atom stereocenters. The maximum Gasteiger partial charge on any atom is 0.432 e. The first-order chi connectivity index (χ1) is 19.5. The SMILES string of the molecule is CCC(C)/C=C\SC(C)C(NCC1CC1)c1cccc(NC(=O)/C(=C/C(=N)C(F)(F)F)Nc2cccc(C#N)c2)c1. The minimum atomic E-state index is -4.93. The van der Waals surface area contributed by atoms with Crippen LogP contribution >= 0.6 is 11.8 Å². The van der Waals surface area contributed by atoms with Crippen molar-refractivity contribution in [3.8, 4) is 6.07 Å². The highest BCUT2D eigenvalue weighted by Crippen LogP contribution is 2.33. The van der Waals surface area contributed by atoms with E-state index in [-0.39, 0.29) is 22.5 Å². The van der Waals surface area contributed by atoms with Gasteiger partial charge in [0.15, 0.2) is 0 Å². The molecular weight excluding hydrogens is 547 g/mol. The highest BCUT2D eigenvalue weighted by Gasteiger charge is 2.33. The Morgan fingerprint density at radius 3 is 2.46 bits per heavy atom. The molecule has 0 bridgehead atoms. The van der Waals surface area contributed by atoms with Crippen molar-refractivity contribution in [1.29, 1.82) is 10.7 Å². The second-order valence-corrected chi connectivity index (χ2v) is 11.5. The lowest BCUT2D eigenvalue weighted by Gasteiger charge is -2.25. The van der Waals surface area contributed by atoms with Gasteiger partial charge in [-0.15, -0.1) is 11.8 Å². The fraction of sp³-hybridized carbons (Fsp3) is 0.387.